The van der Waals surface area contributed by atoms with Gasteiger partial charge in [-0.3, -0.25) is 4.79 Å². The molecule has 3 rings (SSSR count). The van der Waals surface area contributed by atoms with Gasteiger partial charge in [0.25, 0.3) is 5.91 Å². The van der Waals surface area contributed by atoms with E-state index < -0.39 is 0 Å². The van der Waals surface area contributed by atoms with Crippen LogP contribution in [-0.4, -0.2) is 36.5 Å². The van der Waals surface area contributed by atoms with E-state index in [1.807, 2.05) is 30.0 Å². The van der Waals surface area contributed by atoms with Crippen molar-refractivity contribution in [2.75, 3.05) is 19.6 Å². The first-order valence-electron chi connectivity index (χ1n) is 6.94. The average Bonchev–Trinajstić information content (AvgIpc) is 2.81. The van der Waals surface area contributed by atoms with Crippen molar-refractivity contribution in [1.29, 1.82) is 0 Å². The highest BCUT2D eigenvalue weighted by Gasteiger charge is 2.36. The molecule has 4 heteroatoms. The molecule has 0 bridgehead atoms. The molecule has 2 fully saturated rings. The summed E-state index contributed by atoms with van der Waals surface area (Å²) in [7, 11) is 0. The third-order valence-corrected chi connectivity index (χ3v) is 4.90. The summed E-state index contributed by atoms with van der Waals surface area (Å²) in [4.78, 5) is 14.6. The molecule has 1 aromatic rings. The maximum absolute atomic E-state index is 12.6. The van der Waals surface area contributed by atoms with Gasteiger partial charge in [0.15, 0.2) is 0 Å². The highest BCUT2D eigenvalue weighted by molar-refractivity contribution is 9.10. The van der Waals surface area contributed by atoms with Gasteiger partial charge >= 0.3 is 0 Å². The number of rotatable bonds is 1. The van der Waals surface area contributed by atoms with E-state index in [0.29, 0.717) is 12.0 Å². The van der Waals surface area contributed by atoms with E-state index in [1.165, 1.54) is 18.4 Å². The smallest absolute Gasteiger partial charge is 0.255 e. The summed E-state index contributed by atoms with van der Waals surface area (Å²) in [6.07, 6.45) is 2.48. The number of carbonyl (C=O) groups is 1. The minimum Gasteiger partial charge on any atom is -0.337 e. The van der Waals surface area contributed by atoms with Gasteiger partial charge in [-0.25, -0.2) is 0 Å². The van der Waals surface area contributed by atoms with Crippen LogP contribution in [0.5, 0.6) is 0 Å². The lowest BCUT2D eigenvalue weighted by Gasteiger charge is -2.24. The molecule has 0 aliphatic carbocycles. The lowest BCUT2D eigenvalue weighted by atomic mass is 9.94. The number of carbonyl (C=O) groups excluding carboxylic acids is 1. The van der Waals surface area contributed by atoms with E-state index in [4.69, 9.17) is 0 Å². The quantitative estimate of drug-likeness (QED) is 0.862. The largest absolute Gasteiger partial charge is 0.337 e. The van der Waals surface area contributed by atoms with Gasteiger partial charge in [0, 0.05) is 23.6 Å². The molecule has 1 N–H and O–H groups in total. The van der Waals surface area contributed by atoms with Crippen molar-refractivity contribution in [3.63, 3.8) is 0 Å². The first-order valence-corrected chi connectivity index (χ1v) is 7.73. The Morgan fingerprint density at radius 1 is 1.42 bits per heavy atom. The van der Waals surface area contributed by atoms with Crippen LogP contribution in [0.15, 0.2) is 22.7 Å². The third-order valence-electron chi connectivity index (χ3n) is 4.24. The van der Waals surface area contributed by atoms with Crippen molar-refractivity contribution >= 4 is 21.8 Å². The molecule has 2 atom stereocenters. The minimum atomic E-state index is 0.156. The number of halogens is 1. The fourth-order valence-corrected chi connectivity index (χ4v) is 3.84. The Hall–Kier alpha value is -0.870. The molecule has 102 valence electrons. The molecule has 0 aromatic heterocycles. The molecular weight excluding hydrogens is 304 g/mol. The van der Waals surface area contributed by atoms with E-state index >= 15 is 0 Å². The van der Waals surface area contributed by atoms with E-state index in [-0.39, 0.29) is 5.91 Å². The number of nitrogens with one attached hydrogen (secondary N) is 1. The van der Waals surface area contributed by atoms with Crippen molar-refractivity contribution in [3.05, 3.63) is 33.8 Å². The predicted molar refractivity (Wildman–Crippen MR) is 79.3 cm³/mol. The summed E-state index contributed by atoms with van der Waals surface area (Å²) in [6.45, 7) is 4.88. The van der Waals surface area contributed by atoms with E-state index in [9.17, 15) is 4.79 Å². The molecule has 2 heterocycles. The zero-order valence-corrected chi connectivity index (χ0v) is 12.7. The normalized spacial score (nSPS) is 26.3. The second kappa shape index (κ2) is 5.25. The van der Waals surface area contributed by atoms with Crippen molar-refractivity contribution in [2.45, 2.75) is 25.8 Å². The molecule has 2 aliphatic heterocycles. The van der Waals surface area contributed by atoms with Crippen molar-refractivity contribution in [1.82, 2.24) is 10.2 Å². The second-order valence-electron chi connectivity index (χ2n) is 5.66. The van der Waals surface area contributed by atoms with Crippen LogP contribution in [0.4, 0.5) is 0 Å². The third kappa shape index (κ3) is 2.56. The fourth-order valence-electron chi connectivity index (χ4n) is 3.18. The lowest BCUT2D eigenvalue weighted by Crippen LogP contribution is -2.41. The van der Waals surface area contributed by atoms with Crippen LogP contribution < -0.4 is 5.32 Å². The Kier molecular flexibility index (Phi) is 3.63. The maximum atomic E-state index is 12.6. The van der Waals surface area contributed by atoms with Crippen molar-refractivity contribution < 1.29 is 4.79 Å². The standard InChI is InChI=1S/C15H19BrN2O/c1-10-4-5-12(13(16)7-10)15(19)18-8-11-3-2-6-17-14(11)9-18/h4-5,7,11,14,17H,2-3,6,8-9H2,1H3/t11-,14+/m0/s1. The first-order chi connectivity index (χ1) is 9.15. The number of hydrogen-bond donors (Lipinski definition) is 1. The zero-order chi connectivity index (χ0) is 13.4. The molecule has 0 spiro atoms. The molecular formula is C15H19BrN2O. The summed E-state index contributed by atoms with van der Waals surface area (Å²) in [5.74, 6) is 0.796. The number of piperidine rings is 1. The van der Waals surface area contributed by atoms with Crippen LogP contribution in [0.3, 0.4) is 0 Å². The molecule has 2 aliphatic rings. The van der Waals surface area contributed by atoms with Gasteiger partial charge in [0.2, 0.25) is 0 Å². The molecule has 2 saturated heterocycles. The molecule has 1 aromatic carbocycles. The highest BCUT2D eigenvalue weighted by atomic mass is 79.9. The van der Waals surface area contributed by atoms with Crippen LogP contribution in [0, 0.1) is 12.8 Å². The number of aryl methyl sites for hydroxylation is 1. The average molecular weight is 323 g/mol. The fraction of sp³-hybridized carbons (Fsp3) is 0.533. The van der Waals surface area contributed by atoms with Gasteiger partial charge in [-0.2, -0.15) is 0 Å². The van der Waals surface area contributed by atoms with Crippen molar-refractivity contribution in [3.8, 4) is 0 Å². The SMILES string of the molecule is Cc1ccc(C(=O)N2C[C@@H]3CCCN[C@@H]3C2)c(Br)c1. The lowest BCUT2D eigenvalue weighted by molar-refractivity contribution is 0.0784. The van der Waals surface area contributed by atoms with Crippen LogP contribution in [0.1, 0.15) is 28.8 Å². The summed E-state index contributed by atoms with van der Waals surface area (Å²) in [5.41, 5.74) is 1.95. The monoisotopic (exact) mass is 322 g/mol. The molecule has 0 saturated carbocycles. The van der Waals surface area contributed by atoms with Crippen LogP contribution >= 0.6 is 15.9 Å². The minimum absolute atomic E-state index is 0.156. The summed E-state index contributed by atoms with van der Waals surface area (Å²) >= 11 is 3.51. The number of nitrogens with zero attached hydrogens (tertiary/aromatic N) is 1. The number of likely N-dealkylation sites (tertiary alicyclic amines) is 1. The topological polar surface area (TPSA) is 32.3 Å². The Bertz CT molecular complexity index is 489. The molecule has 0 radical (unpaired) electrons. The van der Waals surface area contributed by atoms with Crippen LogP contribution in [0.2, 0.25) is 0 Å². The van der Waals surface area contributed by atoms with E-state index in [0.717, 1.165) is 29.7 Å². The Morgan fingerprint density at radius 3 is 3.00 bits per heavy atom. The molecule has 0 unspecified atom stereocenters. The molecule has 1 amide bonds. The second-order valence-corrected chi connectivity index (χ2v) is 6.51. The summed E-state index contributed by atoms with van der Waals surface area (Å²) in [6, 6.07) is 6.44. The Balaban J connectivity index is 1.77. The molecule has 19 heavy (non-hydrogen) atoms. The van der Waals surface area contributed by atoms with Crippen molar-refractivity contribution in [2.24, 2.45) is 5.92 Å². The Morgan fingerprint density at radius 2 is 2.26 bits per heavy atom. The Labute approximate surface area is 122 Å². The van der Waals surface area contributed by atoms with Gasteiger partial charge in [-0.05, 0) is 65.9 Å². The van der Waals surface area contributed by atoms with Gasteiger partial charge in [0.1, 0.15) is 0 Å². The highest BCUT2D eigenvalue weighted by Crippen LogP contribution is 2.28. The zero-order valence-electron chi connectivity index (χ0n) is 11.2. The number of amides is 1. The van der Waals surface area contributed by atoms with Crippen LogP contribution in [-0.2, 0) is 0 Å². The van der Waals surface area contributed by atoms with E-state index in [1.54, 1.807) is 0 Å². The number of benzene rings is 1. The van der Waals surface area contributed by atoms with Crippen LogP contribution in [0.25, 0.3) is 0 Å². The summed E-state index contributed by atoms with van der Waals surface area (Å²) in [5, 5.41) is 3.54. The van der Waals surface area contributed by atoms with E-state index in [2.05, 4.69) is 21.2 Å². The van der Waals surface area contributed by atoms with Gasteiger partial charge in [-0.15, -0.1) is 0 Å². The number of fused-ring (bicyclic) bond motifs is 1. The first kappa shape index (κ1) is 13.1. The van der Waals surface area contributed by atoms with Gasteiger partial charge < -0.3 is 10.2 Å². The predicted octanol–water partition coefficient (Wildman–Crippen LogP) is 2.58. The molecule has 3 nitrogen and oxygen atoms in total. The van der Waals surface area contributed by atoms with Gasteiger partial charge in [0.05, 0.1) is 5.56 Å². The summed E-state index contributed by atoms with van der Waals surface area (Å²) < 4.78 is 0.903. The van der Waals surface area contributed by atoms with Gasteiger partial charge in [-0.1, -0.05) is 6.07 Å². The maximum Gasteiger partial charge on any atom is 0.255 e. The number of hydrogen-bond acceptors (Lipinski definition) is 2.